The van der Waals surface area contributed by atoms with Crippen LogP contribution in [0.15, 0.2) is 56.9 Å². The molecular weight excluding hydrogens is 506 g/mol. The monoisotopic (exact) mass is 541 g/mol. The molecule has 0 aliphatic heterocycles. The normalized spacial score (nSPS) is 11.2. The van der Waals surface area contributed by atoms with Crippen LogP contribution in [0, 0.1) is 5.92 Å². The lowest BCUT2D eigenvalue weighted by Crippen LogP contribution is -2.38. The number of carbonyl (C=O) groups is 1. The average Bonchev–Trinajstić information content (AvgIpc) is 3.22. The summed E-state index contributed by atoms with van der Waals surface area (Å²) >= 11 is 3.16. The Kier molecular flexibility index (Phi) is 9.62. The van der Waals surface area contributed by atoms with Gasteiger partial charge in [-0.3, -0.25) is 13.9 Å². The molecule has 1 N–H and O–H groups in total. The second-order valence-electron chi connectivity index (χ2n) is 9.12. The van der Waals surface area contributed by atoms with Crippen LogP contribution < -0.4 is 16.6 Å². The first-order valence-electron chi connectivity index (χ1n) is 12.0. The largest absolute Gasteiger partial charge is 0.453 e. The fourth-order valence-electron chi connectivity index (χ4n) is 4.28. The van der Waals surface area contributed by atoms with Crippen LogP contribution in [0.5, 0.6) is 0 Å². The van der Waals surface area contributed by atoms with Gasteiger partial charge in [0.1, 0.15) is 4.83 Å². The number of nitrogens with one attached hydrogen (secondary N) is 1. The van der Waals surface area contributed by atoms with Gasteiger partial charge in [-0.25, -0.2) is 9.59 Å². The Morgan fingerprint density at radius 2 is 1.86 bits per heavy atom. The van der Waals surface area contributed by atoms with Crippen molar-refractivity contribution in [3.63, 3.8) is 0 Å². The van der Waals surface area contributed by atoms with Gasteiger partial charge in [-0.2, -0.15) is 0 Å². The maximum atomic E-state index is 13.4. The predicted octanol–water partition coefficient (Wildman–Crippen LogP) is 5.64. The molecule has 0 fully saturated rings. The minimum atomic E-state index is -0.454. The van der Waals surface area contributed by atoms with E-state index in [0.29, 0.717) is 30.6 Å². The van der Waals surface area contributed by atoms with Crippen LogP contribution in [0.25, 0.3) is 21.0 Å². The van der Waals surface area contributed by atoms with Crippen LogP contribution in [0.4, 0.5) is 4.79 Å². The van der Waals surface area contributed by atoms with E-state index in [-0.39, 0.29) is 24.6 Å². The number of amides is 1. The number of ether oxygens (including phenoxy) is 1. The van der Waals surface area contributed by atoms with Gasteiger partial charge in [0, 0.05) is 36.3 Å². The molecule has 2 aromatic carbocycles. The number of rotatable bonds is 9. The molecule has 9 heteroatoms. The molecule has 0 aliphatic carbocycles. The molecule has 0 saturated carbocycles. The van der Waals surface area contributed by atoms with Crippen molar-refractivity contribution < 1.29 is 9.53 Å². The van der Waals surface area contributed by atoms with Gasteiger partial charge in [-0.1, -0.05) is 63.7 Å². The summed E-state index contributed by atoms with van der Waals surface area (Å²) in [4.78, 5) is 40.5. The van der Waals surface area contributed by atoms with Crippen molar-refractivity contribution in [1.29, 1.82) is 0 Å². The fourth-order valence-corrected chi connectivity index (χ4v) is 6.91. The van der Waals surface area contributed by atoms with E-state index in [9.17, 15) is 14.4 Å². The molecule has 1 amide bonds. The number of carbonyl (C=O) groups excluding carboxylic acids is 1. The maximum Gasteiger partial charge on any atom is 0.406 e. The summed E-state index contributed by atoms with van der Waals surface area (Å²) in [7, 11) is 2.89. The van der Waals surface area contributed by atoms with E-state index in [1.165, 1.54) is 28.0 Å². The summed E-state index contributed by atoms with van der Waals surface area (Å²) < 4.78 is 7.61. The van der Waals surface area contributed by atoms with E-state index < -0.39 is 6.09 Å². The molecule has 7 nitrogen and oxygen atoms in total. The quantitative estimate of drug-likeness (QED) is 0.219. The Balaban J connectivity index is 0.00000380. The number of hydrogen-bond donors (Lipinski definition) is 1. The van der Waals surface area contributed by atoms with E-state index in [0.717, 1.165) is 21.0 Å². The lowest BCUT2D eigenvalue weighted by molar-refractivity contribution is 0.171. The summed E-state index contributed by atoms with van der Waals surface area (Å²) in [5.41, 5.74) is 0.645. The molecule has 0 unspecified atom stereocenters. The number of fused-ring (bicyclic) bond motifs is 2. The molecule has 0 atom stereocenters. The third kappa shape index (κ3) is 6.10. The molecule has 2 heterocycles. The zero-order valence-electron chi connectivity index (χ0n) is 21.0. The standard InChI is InChI=1S/C27H31N3O4S2.CH4/c1-17(2)16-30-25-22(24(31)29(3)27(30)33)23(35-14-8-13-28-26(32)34-4)21(36-25)15-19-11-7-10-18-9-5-6-12-20(18)19;/h5-7,9-12,17H,8,13-16H2,1-4H3,(H,28,32);1H4. The molecule has 198 valence electrons. The van der Waals surface area contributed by atoms with Gasteiger partial charge in [0.2, 0.25) is 0 Å². The Bertz CT molecular complexity index is 1510. The van der Waals surface area contributed by atoms with Crippen molar-refractivity contribution in [1.82, 2.24) is 14.5 Å². The molecule has 0 saturated heterocycles. The Morgan fingerprint density at radius 1 is 1.14 bits per heavy atom. The number of thioether (sulfide) groups is 1. The van der Waals surface area contributed by atoms with Crippen molar-refractivity contribution in [3.05, 3.63) is 73.7 Å². The van der Waals surface area contributed by atoms with Gasteiger partial charge in [0.05, 0.1) is 12.5 Å². The van der Waals surface area contributed by atoms with E-state index in [1.54, 1.807) is 34.7 Å². The molecule has 37 heavy (non-hydrogen) atoms. The molecule has 0 radical (unpaired) electrons. The highest BCUT2D eigenvalue weighted by Gasteiger charge is 2.22. The van der Waals surface area contributed by atoms with Crippen LogP contribution >= 0.6 is 23.1 Å². The number of thiophene rings is 1. The first kappa shape index (κ1) is 28.5. The minimum absolute atomic E-state index is 0. The lowest BCUT2D eigenvalue weighted by Gasteiger charge is -2.12. The molecule has 0 aliphatic rings. The van der Waals surface area contributed by atoms with E-state index >= 15 is 0 Å². The highest BCUT2D eigenvalue weighted by Crippen LogP contribution is 2.38. The summed E-state index contributed by atoms with van der Waals surface area (Å²) in [6.07, 6.45) is 0.934. The van der Waals surface area contributed by atoms with Gasteiger partial charge in [-0.05, 0) is 34.4 Å². The number of aromatic nitrogens is 2. The van der Waals surface area contributed by atoms with Crippen molar-refractivity contribution in [2.45, 2.75) is 45.6 Å². The average molecular weight is 542 g/mol. The lowest BCUT2D eigenvalue weighted by atomic mass is 10.0. The second-order valence-corrected chi connectivity index (χ2v) is 11.3. The summed E-state index contributed by atoms with van der Waals surface area (Å²) in [5, 5.41) is 5.67. The maximum absolute atomic E-state index is 13.4. The zero-order chi connectivity index (χ0) is 25.8. The molecule has 4 aromatic rings. The van der Waals surface area contributed by atoms with Crippen LogP contribution in [-0.2, 0) is 24.8 Å². The van der Waals surface area contributed by atoms with E-state index in [1.807, 2.05) is 12.1 Å². The van der Waals surface area contributed by atoms with Gasteiger partial charge >= 0.3 is 11.8 Å². The SMILES string of the molecule is C.COC(=O)NCCCSc1c(Cc2cccc3ccccc23)sc2c1c(=O)n(C)c(=O)n2CC(C)C. The van der Waals surface area contributed by atoms with Crippen LogP contribution in [0.2, 0.25) is 0 Å². The van der Waals surface area contributed by atoms with Gasteiger partial charge in [0.15, 0.2) is 0 Å². The molecular formula is C28H35N3O4S2. The third-order valence-corrected chi connectivity index (χ3v) is 8.57. The highest BCUT2D eigenvalue weighted by molar-refractivity contribution is 7.99. The first-order valence-corrected chi connectivity index (χ1v) is 13.8. The summed E-state index contributed by atoms with van der Waals surface area (Å²) in [6.45, 7) is 5.16. The van der Waals surface area contributed by atoms with Crippen molar-refractivity contribution in [3.8, 4) is 0 Å². The van der Waals surface area contributed by atoms with Gasteiger partial charge < -0.3 is 10.1 Å². The third-order valence-electron chi connectivity index (χ3n) is 6.00. The fraction of sp³-hybridized carbons (Fsp3) is 0.393. The van der Waals surface area contributed by atoms with Crippen LogP contribution in [-0.4, -0.2) is 34.6 Å². The van der Waals surface area contributed by atoms with Crippen LogP contribution in [0.3, 0.4) is 0 Å². The van der Waals surface area contributed by atoms with Gasteiger partial charge in [-0.15, -0.1) is 23.1 Å². The summed E-state index contributed by atoms with van der Waals surface area (Å²) in [6, 6.07) is 14.6. The minimum Gasteiger partial charge on any atom is -0.453 e. The Labute approximate surface area is 225 Å². The molecule has 2 aromatic heterocycles. The Morgan fingerprint density at radius 3 is 2.59 bits per heavy atom. The number of methoxy groups -OCH3 is 1. The first-order chi connectivity index (χ1) is 17.3. The highest BCUT2D eigenvalue weighted by atomic mass is 32.2. The van der Waals surface area contributed by atoms with Crippen molar-refractivity contribution >= 4 is 50.2 Å². The predicted molar refractivity (Wildman–Crippen MR) is 155 cm³/mol. The van der Waals surface area contributed by atoms with Crippen LogP contribution in [0.1, 0.15) is 38.1 Å². The number of hydrogen-bond acceptors (Lipinski definition) is 6. The Hall–Kier alpha value is -3.04. The second kappa shape index (κ2) is 12.5. The van der Waals surface area contributed by atoms with Crippen molar-refractivity contribution in [2.24, 2.45) is 13.0 Å². The zero-order valence-corrected chi connectivity index (χ0v) is 22.6. The summed E-state index contributed by atoms with van der Waals surface area (Å²) in [5.74, 6) is 0.970. The number of alkyl carbamates (subject to hydrolysis) is 1. The molecule has 0 bridgehead atoms. The number of nitrogens with zero attached hydrogens (tertiary/aromatic N) is 2. The number of benzene rings is 2. The molecule has 4 rings (SSSR count). The smallest absolute Gasteiger partial charge is 0.406 e. The topological polar surface area (TPSA) is 82.3 Å². The van der Waals surface area contributed by atoms with E-state index in [4.69, 9.17) is 0 Å². The molecule has 0 spiro atoms. The van der Waals surface area contributed by atoms with E-state index in [2.05, 4.69) is 54.2 Å². The van der Waals surface area contributed by atoms with Gasteiger partial charge in [0.25, 0.3) is 5.56 Å². The van der Waals surface area contributed by atoms with Crippen molar-refractivity contribution in [2.75, 3.05) is 19.4 Å².